The van der Waals surface area contributed by atoms with Crippen molar-refractivity contribution in [3.8, 4) is 0 Å². The van der Waals surface area contributed by atoms with E-state index in [4.69, 9.17) is 0 Å². The van der Waals surface area contributed by atoms with Crippen molar-refractivity contribution in [3.05, 3.63) is 35.4 Å². The summed E-state index contributed by atoms with van der Waals surface area (Å²) in [4.78, 5) is 11.9. The molecule has 1 aliphatic carbocycles. The molecule has 0 heterocycles. The summed E-state index contributed by atoms with van der Waals surface area (Å²) in [5, 5.41) is 22.6. The first-order chi connectivity index (χ1) is 10.6. The SMILES string of the molecule is CC(C)C(=O)NC1C(c2ccc(C(F)(F)F)cc2)CC(O)C1O. The Morgan fingerprint density at radius 3 is 2.26 bits per heavy atom. The summed E-state index contributed by atoms with van der Waals surface area (Å²) >= 11 is 0. The van der Waals surface area contributed by atoms with Crippen molar-refractivity contribution >= 4 is 5.91 Å². The van der Waals surface area contributed by atoms with E-state index in [-0.39, 0.29) is 18.2 Å². The predicted octanol–water partition coefficient (Wildman–Crippen LogP) is 2.06. The van der Waals surface area contributed by atoms with Crippen LogP contribution in [0.3, 0.4) is 0 Å². The van der Waals surface area contributed by atoms with Gasteiger partial charge in [0.25, 0.3) is 0 Å². The van der Waals surface area contributed by atoms with Gasteiger partial charge < -0.3 is 15.5 Å². The number of aliphatic hydroxyl groups is 2. The van der Waals surface area contributed by atoms with E-state index in [1.165, 1.54) is 12.1 Å². The number of alkyl halides is 3. The van der Waals surface area contributed by atoms with Gasteiger partial charge in [-0.1, -0.05) is 26.0 Å². The van der Waals surface area contributed by atoms with Crippen LogP contribution in [0.5, 0.6) is 0 Å². The van der Waals surface area contributed by atoms with Crippen LogP contribution < -0.4 is 5.32 Å². The molecule has 23 heavy (non-hydrogen) atoms. The molecule has 1 fully saturated rings. The maximum absolute atomic E-state index is 12.6. The lowest BCUT2D eigenvalue weighted by atomic mass is 9.92. The first-order valence-electron chi connectivity index (χ1n) is 7.45. The van der Waals surface area contributed by atoms with Crippen LogP contribution in [0.25, 0.3) is 0 Å². The third-order valence-electron chi connectivity index (χ3n) is 4.19. The van der Waals surface area contributed by atoms with Crippen LogP contribution >= 0.6 is 0 Å². The molecule has 1 saturated carbocycles. The van der Waals surface area contributed by atoms with Gasteiger partial charge in [-0.05, 0) is 24.1 Å². The van der Waals surface area contributed by atoms with Crippen molar-refractivity contribution in [2.24, 2.45) is 5.92 Å². The summed E-state index contributed by atoms with van der Waals surface area (Å²) in [5.41, 5.74) is -0.217. The van der Waals surface area contributed by atoms with Crippen molar-refractivity contribution in [1.29, 1.82) is 0 Å². The molecule has 4 unspecified atom stereocenters. The Hall–Kier alpha value is -1.60. The zero-order chi connectivity index (χ0) is 17.4. The third-order valence-corrected chi connectivity index (χ3v) is 4.19. The van der Waals surface area contributed by atoms with E-state index in [2.05, 4.69) is 5.32 Å². The second-order valence-electron chi connectivity index (χ2n) is 6.21. The van der Waals surface area contributed by atoms with Gasteiger partial charge in [0.05, 0.1) is 17.7 Å². The Morgan fingerprint density at radius 2 is 1.78 bits per heavy atom. The average molecular weight is 331 g/mol. The Bertz CT molecular complexity index is 557. The Morgan fingerprint density at radius 1 is 1.22 bits per heavy atom. The molecule has 1 aromatic carbocycles. The maximum Gasteiger partial charge on any atom is 0.416 e. The lowest BCUT2D eigenvalue weighted by Gasteiger charge is -2.25. The fraction of sp³-hybridized carbons (Fsp3) is 0.562. The lowest BCUT2D eigenvalue weighted by molar-refractivity contribution is -0.137. The van der Waals surface area contributed by atoms with Gasteiger partial charge in [0.15, 0.2) is 0 Å². The monoisotopic (exact) mass is 331 g/mol. The number of benzene rings is 1. The van der Waals surface area contributed by atoms with Gasteiger partial charge in [-0.25, -0.2) is 0 Å². The summed E-state index contributed by atoms with van der Waals surface area (Å²) in [6.45, 7) is 3.39. The number of aliphatic hydroxyl groups excluding tert-OH is 2. The molecule has 128 valence electrons. The zero-order valence-corrected chi connectivity index (χ0v) is 12.8. The zero-order valence-electron chi connectivity index (χ0n) is 12.8. The average Bonchev–Trinajstić information content (AvgIpc) is 2.74. The standard InChI is InChI=1S/C16H20F3NO3/c1-8(2)15(23)20-13-11(7-12(21)14(13)22)9-3-5-10(6-4-9)16(17,18)19/h3-6,8,11-14,21-22H,7H2,1-2H3,(H,20,23). The lowest BCUT2D eigenvalue weighted by Crippen LogP contribution is -2.46. The van der Waals surface area contributed by atoms with E-state index in [0.717, 1.165) is 12.1 Å². The van der Waals surface area contributed by atoms with Gasteiger partial charge in [0, 0.05) is 11.8 Å². The molecule has 0 aliphatic heterocycles. The van der Waals surface area contributed by atoms with Crippen LogP contribution in [0.15, 0.2) is 24.3 Å². The number of hydrogen-bond acceptors (Lipinski definition) is 3. The van der Waals surface area contributed by atoms with Crippen molar-refractivity contribution in [1.82, 2.24) is 5.32 Å². The number of rotatable bonds is 3. The molecule has 2 rings (SSSR count). The second-order valence-corrected chi connectivity index (χ2v) is 6.21. The number of amides is 1. The van der Waals surface area contributed by atoms with Crippen LogP contribution in [-0.2, 0) is 11.0 Å². The normalized spacial score (nSPS) is 28.2. The first-order valence-corrected chi connectivity index (χ1v) is 7.45. The minimum absolute atomic E-state index is 0.176. The molecule has 1 amide bonds. The van der Waals surface area contributed by atoms with Crippen LogP contribution in [0, 0.1) is 5.92 Å². The van der Waals surface area contributed by atoms with Gasteiger partial charge >= 0.3 is 6.18 Å². The fourth-order valence-electron chi connectivity index (χ4n) is 2.80. The van der Waals surface area contributed by atoms with Gasteiger partial charge in [-0.3, -0.25) is 4.79 Å². The minimum Gasteiger partial charge on any atom is -0.390 e. The predicted molar refractivity (Wildman–Crippen MR) is 77.6 cm³/mol. The smallest absolute Gasteiger partial charge is 0.390 e. The fourth-order valence-corrected chi connectivity index (χ4v) is 2.80. The number of carbonyl (C=O) groups is 1. The quantitative estimate of drug-likeness (QED) is 0.794. The van der Waals surface area contributed by atoms with Crippen molar-refractivity contribution in [2.45, 2.75) is 50.6 Å². The number of halogens is 3. The molecule has 0 spiro atoms. The van der Waals surface area contributed by atoms with Crippen molar-refractivity contribution in [2.75, 3.05) is 0 Å². The highest BCUT2D eigenvalue weighted by Crippen LogP contribution is 2.37. The number of hydrogen-bond donors (Lipinski definition) is 3. The summed E-state index contributed by atoms with van der Waals surface area (Å²) in [7, 11) is 0. The van der Waals surface area contributed by atoms with Crippen LogP contribution in [0.2, 0.25) is 0 Å². The first kappa shape index (κ1) is 17.7. The van der Waals surface area contributed by atoms with E-state index in [1.54, 1.807) is 13.8 Å². The van der Waals surface area contributed by atoms with Gasteiger partial charge in [-0.15, -0.1) is 0 Å². The van der Waals surface area contributed by atoms with Crippen LogP contribution in [-0.4, -0.2) is 34.4 Å². The molecule has 3 N–H and O–H groups in total. The van der Waals surface area contributed by atoms with E-state index < -0.39 is 35.9 Å². The molecule has 4 nitrogen and oxygen atoms in total. The molecular weight excluding hydrogens is 311 g/mol. The van der Waals surface area contributed by atoms with E-state index >= 15 is 0 Å². The third kappa shape index (κ3) is 3.84. The molecule has 0 radical (unpaired) electrons. The van der Waals surface area contributed by atoms with E-state index in [9.17, 15) is 28.2 Å². The topological polar surface area (TPSA) is 69.6 Å². The Kier molecular flexibility index (Phi) is 5.01. The summed E-state index contributed by atoms with van der Waals surface area (Å²) in [6, 6.07) is 3.86. The highest BCUT2D eigenvalue weighted by molar-refractivity contribution is 5.78. The van der Waals surface area contributed by atoms with E-state index in [1.807, 2.05) is 0 Å². The Balaban J connectivity index is 2.23. The molecule has 1 aliphatic rings. The summed E-state index contributed by atoms with van der Waals surface area (Å²) in [5.74, 6) is -1.02. The largest absolute Gasteiger partial charge is 0.416 e. The molecule has 0 saturated heterocycles. The van der Waals surface area contributed by atoms with Gasteiger partial charge in [0.2, 0.25) is 5.91 Å². The summed E-state index contributed by atoms with van der Waals surface area (Å²) < 4.78 is 37.9. The van der Waals surface area contributed by atoms with Crippen LogP contribution in [0.4, 0.5) is 13.2 Å². The summed E-state index contributed by atoms with van der Waals surface area (Å²) in [6.07, 6.45) is -6.42. The van der Waals surface area contributed by atoms with E-state index in [0.29, 0.717) is 5.56 Å². The van der Waals surface area contributed by atoms with Crippen molar-refractivity contribution in [3.63, 3.8) is 0 Å². The molecule has 7 heteroatoms. The molecular formula is C16H20F3NO3. The van der Waals surface area contributed by atoms with Gasteiger partial charge in [-0.2, -0.15) is 13.2 Å². The molecule has 0 aromatic heterocycles. The molecule has 0 bridgehead atoms. The number of carbonyl (C=O) groups excluding carboxylic acids is 1. The molecule has 1 aromatic rings. The minimum atomic E-state index is -4.42. The van der Waals surface area contributed by atoms with Crippen molar-refractivity contribution < 1.29 is 28.2 Å². The number of nitrogens with one attached hydrogen (secondary N) is 1. The highest BCUT2D eigenvalue weighted by Gasteiger charge is 2.43. The Labute approximate surface area is 132 Å². The molecule has 4 atom stereocenters. The maximum atomic E-state index is 12.6. The van der Waals surface area contributed by atoms with Crippen LogP contribution in [0.1, 0.15) is 37.3 Å². The second kappa shape index (κ2) is 6.49. The highest BCUT2D eigenvalue weighted by atomic mass is 19.4. The van der Waals surface area contributed by atoms with Gasteiger partial charge in [0.1, 0.15) is 6.10 Å².